The summed E-state index contributed by atoms with van der Waals surface area (Å²) in [6, 6.07) is 6.01. The fourth-order valence-corrected chi connectivity index (χ4v) is 2.81. The summed E-state index contributed by atoms with van der Waals surface area (Å²) in [6.07, 6.45) is 5.31. The molecule has 0 heterocycles. The molecule has 0 aliphatic heterocycles. The quantitative estimate of drug-likeness (QED) is 0.458. The van der Waals surface area contributed by atoms with Gasteiger partial charge in [0.15, 0.2) is 0 Å². The van der Waals surface area contributed by atoms with E-state index < -0.39 is 0 Å². The Labute approximate surface area is 161 Å². The van der Waals surface area contributed by atoms with Gasteiger partial charge in [0.05, 0.1) is 36.0 Å². The highest BCUT2D eigenvalue weighted by molar-refractivity contribution is 6.22. The van der Waals surface area contributed by atoms with Crippen molar-refractivity contribution in [2.75, 3.05) is 31.2 Å². The molecular weight excluding hydrogens is 340 g/mol. The summed E-state index contributed by atoms with van der Waals surface area (Å²) in [5, 5.41) is 17.2. The van der Waals surface area contributed by atoms with Crippen molar-refractivity contribution in [3.8, 4) is 0 Å². The van der Waals surface area contributed by atoms with Gasteiger partial charge in [-0.3, -0.25) is 5.41 Å². The van der Waals surface area contributed by atoms with Gasteiger partial charge >= 0.3 is 0 Å². The van der Waals surface area contributed by atoms with E-state index in [1.165, 1.54) is 0 Å². The number of benzene rings is 1. The van der Waals surface area contributed by atoms with E-state index in [2.05, 4.69) is 29.8 Å². The predicted octanol–water partition coefficient (Wildman–Crippen LogP) is 3.46. The normalized spacial score (nSPS) is 15.6. The third kappa shape index (κ3) is 5.44. The summed E-state index contributed by atoms with van der Waals surface area (Å²) < 4.78 is 5.70. The van der Waals surface area contributed by atoms with Crippen LogP contribution in [0.5, 0.6) is 0 Å². The molecule has 0 unspecified atom stereocenters. The number of rotatable bonds is 9. The summed E-state index contributed by atoms with van der Waals surface area (Å²) in [6.45, 7) is 8.29. The van der Waals surface area contributed by atoms with Crippen molar-refractivity contribution in [3.05, 3.63) is 47.4 Å². The van der Waals surface area contributed by atoms with E-state index in [0.29, 0.717) is 30.3 Å². The van der Waals surface area contributed by atoms with Crippen LogP contribution in [0.2, 0.25) is 0 Å². The second-order valence-corrected chi connectivity index (χ2v) is 6.50. The topological polar surface area (TPSA) is 94.9 Å². The minimum Gasteiger partial charge on any atom is -0.491 e. The van der Waals surface area contributed by atoms with Crippen LogP contribution >= 0.6 is 0 Å². The monoisotopic (exact) mass is 370 g/mol. The van der Waals surface area contributed by atoms with Gasteiger partial charge < -0.3 is 20.5 Å². The van der Waals surface area contributed by atoms with Gasteiger partial charge in [0.2, 0.25) is 0 Å². The smallest absolute Gasteiger partial charge is 0.146 e. The van der Waals surface area contributed by atoms with E-state index in [1.807, 2.05) is 19.1 Å². The van der Waals surface area contributed by atoms with E-state index in [-0.39, 0.29) is 12.3 Å². The second kappa shape index (κ2) is 9.92. The Bertz CT molecular complexity index is 765. The Hall–Kier alpha value is -2.60. The second-order valence-electron chi connectivity index (χ2n) is 6.50. The lowest BCUT2D eigenvalue weighted by Crippen LogP contribution is -2.26. The Morgan fingerprint density at radius 2 is 2.04 bits per heavy atom. The lowest BCUT2D eigenvalue weighted by molar-refractivity contribution is 0.226. The molecule has 0 amide bonds. The number of hydrogen-bond acceptors (Lipinski definition) is 6. The Morgan fingerprint density at radius 3 is 2.67 bits per heavy atom. The molecule has 6 heteroatoms. The van der Waals surface area contributed by atoms with Crippen LogP contribution in [0.1, 0.15) is 32.3 Å². The van der Waals surface area contributed by atoms with Crippen molar-refractivity contribution in [1.82, 2.24) is 0 Å². The minimum absolute atomic E-state index is 0.121. The van der Waals surface area contributed by atoms with Gasteiger partial charge in [-0.25, -0.2) is 4.99 Å². The van der Waals surface area contributed by atoms with Crippen LogP contribution in [0.25, 0.3) is 0 Å². The first kappa shape index (κ1) is 20.7. The number of aryl methyl sites for hydroxylation is 1. The van der Waals surface area contributed by atoms with Gasteiger partial charge in [0.25, 0.3) is 0 Å². The lowest BCUT2D eigenvalue weighted by atomic mass is 10.1. The van der Waals surface area contributed by atoms with Crippen molar-refractivity contribution in [2.45, 2.75) is 33.6 Å². The first-order valence-corrected chi connectivity index (χ1v) is 9.46. The minimum atomic E-state index is 0.121. The van der Waals surface area contributed by atoms with Crippen molar-refractivity contribution < 1.29 is 9.84 Å². The molecule has 0 bridgehead atoms. The molecule has 0 saturated heterocycles. The zero-order chi connectivity index (χ0) is 19.8. The summed E-state index contributed by atoms with van der Waals surface area (Å²) in [5.41, 5.74) is 10.3. The largest absolute Gasteiger partial charge is 0.491 e. The number of aliphatic hydroxyl groups is 1. The van der Waals surface area contributed by atoms with Gasteiger partial charge in [-0.2, -0.15) is 0 Å². The zero-order valence-corrected chi connectivity index (χ0v) is 16.5. The van der Waals surface area contributed by atoms with Gasteiger partial charge in [-0.1, -0.05) is 13.3 Å². The number of likely N-dealkylation sites (N-methyl/N-ethyl adjacent to an activating group) is 1. The van der Waals surface area contributed by atoms with Gasteiger partial charge in [-0.15, -0.1) is 0 Å². The van der Waals surface area contributed by atoms with Crippen molar-refractivity contribution in [2.24, 2.45) is 10.7 Å². The van der Waals surface area contributed by atoms with Gasteiger partial charge in [0, 0.05) is 24.9 Å². The van der Waals surface area contributed by atoms with Crippen molar-refractivity contribution in [3.63, 3.8) is 0 Å². The Balaban J connectivity index is 2.27. The van der Waals surface area contributed by atoms with Crippen LogP contribution in [-0.2, 0) is 4.74 Å². The van der Waals surface area contributed by atoms with Gasteiger partial charge in [0.1, 0.15) is 5.76 Å². The molecule has 0 spiro atoms. The van der Waals surface area contributed by atoms with Crippen LogP contribution in [0.4, 0.5) is 11.4 Å². The maximum Gasteiger partial charge on any atom is 0.146 e. The fourth-order valence-electron chi connectivity index (χ4n) is 2.81. The molecule has 6 nitrogen and oxygen atoms in total. The molecule has 0 radical (unpaired) electrons. The molecule has 146 valence electrons. The summed E-state index contributed by atoms with van der Waals surface area (Å²) in [7, 11) is 0. The molecule has 1 aromatic rings. The van der Waals surface area contributed by atoms with Crippen LogP contribution < -0.4 is 10.6 Å². The summed E-state index contributed by atoms with van der Waals surface area (Å²) in [4.78, 5) is 6.80. The molecule has 1 aromatic carbocycles. The van der Waals surface area contributed by atoms with E-state index in [1.54, 1.807) is 12.2 Å². The molecule has 1 aliphatic rings. The lowest BCUT2D eigenvalue weighted by Gasteiger charge is -2.22. The first-order valence-electron chi connectivity index (χ1n) is 9.46. The summed E-state index contributed by atoms with van der Waals surface area (Å²) >= 11 is 0. The Morgan fingerprint density at radius 1 is 1.26 bits per heavy atom. The molecule has 1 aliphatic carbocycles. The zero-order valence-electron chi connectivity index (χ0n) is 16.5. The van der Waals surface area contributed by atoms with E-state index in [0.717, 1.165) is 36.3 Å². The van der Waals surface area contributed by atoms with Gasteiger partial charge in [-0.05, 0) is 50.1 Å². The number of ether oxygens (including phenoxy) is 1. The number of unbranched alkanes of at least 4 members (excludes halogenated alkanes) is 1. The molecule has 2 rings (SSSR count). The standard InChI is InChI=1S/C21H30N4O2/c1-4-6-11-27-21-14-20(17(22)13-18(21)23)24-19-8-7-16(12-15(19)3)25(5-2)9-10-26/h7-8,12-14,23,26H,4-6,9-11,22H2,1-3H3. The Kier molecular flexibility index (Phi) is 7.61. The number of nitrogens with two attached hydrogens (primary N) is 1. The molecule has 0 fully saturated rings. The number of allylic oxidation sites excluding steroid dienone is 2. The molecule has 0 aromatic heterocycles. The number of hydrogen-bond donors (Lipinski definition) is 3. The van der Waals surface area contributed by atoms with Crippen LogP contribution in [0.3, 0.4) is 0 Å². The number of anilines is 1. The molecule has 0 saturated carbocycles. The maximum atomic E-state index is 9.20. The molecular formula is C21H30N4O2. The van der Waals surface area contributed by atoms with Crippen LogP contribution in [0, 0.1) is 12.3 Å². The average Bonchev–Trinajstić information content (AvgIpc) is 2.64. The third-order valence-electron chi connectivity index (χ3n) is 4.42. The highest BCUT2D eigenvalue weighted by Gasteiger charge is 2.16. The molecule has 0 atom stereocenters. The number of aliphatic imine (C=N–C) groups is 1. The first-order chi connectivity index (χ1) is 13.0. The highest BCUT2D eigenvalue weighted by Crippen LogP contribution is 2.26. The van der Waals surface area contributed by atoms with Crippen molar-refractivity contribution >= 4 is 22.8 Å². The predicted molar refractivity (Wildman–Crippen MR) is 112 cm³/mol. The summed E-state index contributed by atoms with van der Waals surface area (Å²) in [5.74, 6) is 0.505. The van der Waals surface area contributed by atoms with E-state index >= 15 is 0 Å². The number of nitrogens with one attached hydrogen (secondary N) is 1. The fraction of sp³-hybridized carbons (Fsp3) is 0.429. The van der Waals surface area contributed by atoms with E-state index in [4.69, 9.17) is 15.9 Å². The number of nitrogens with zero attached hydrogens (tertiary/aromatic N) is 2. The third-order valence-corrected chi connectivity index (χ3v) is 4.42. The maximum absolute atomic E-state index is 9.20. The average molecular weight is 370 g/mol. The molecule has 27 heavy (non-hydrogen) atoms. The van der Waals surface area contributed by atoms with Crippen LogP contribution in [0.15, 0.2) is 46.8 Å². The highest BCUT2D eigenvalue weighted by atomic mass is 16.5. The molecule has 4 N–H and O–H groups in total. The van der Waals surface area contributed by atoms with E-state index in [9.17, 15) is 5.11 Å². The van der Waals surface area contributed by atoms with Crippen LogP contribution in [-0.4, -0.2) is 42.8 Å². The van der Waals surface area contributed by atoms with Crippen molar-refractivity contribution in [1.29, 1.82) is 5.41 Å². The SMILES string of the molecule is CCCCOC1=CC(=Nc2ccc(N(CC)CCO)cc2C)C(N)=CC1=N. The number of aliphatic hydroxyl groups excluding tert-OH is 1.